The van der Waals surface area contributed by atoms with Crippen molar-refractivity contribution in [3.63, 3.8) is 0 Å². The molecule has 1 aromatic heterocycles. The van der Waals surface area contributed by atoms with E-state index in [0.29, 0.717) is 24.5 Å². The van der Waals surface area contributed by atoms with Crippen molar-refractivity contribution in [2.45, 2.75) is 31.2 Å². The molecule has 2 heterocycles. The first-order valence-electron chi connectivity index (χ1n) is 6.66. The van der Waals surface area contributed by atoms with Crippen molar-refractivity contribution >= 4 is 10.0 Å². The molecule has 0 saturated carbocycles. The van der Waals surface area contributed by atoms with Gasteiger partial charge in [-0.2, -0.15) is 0 Å². The molecule has 0 amide bonds. The van der Waals surface area contributed by atoms with Gasteiger partial charge < -0.3 is 9.26 Å². The largest absolute Gasteiger partial charge is 0.493 e. The summed E-state index contributed by atoms with van der Waals surface area (Å²) in [7, 11) is -3.68. The predicted octanol–water partition coefficient (Wildman–Crippen LogP) is 2.09. The lowest BCUT2D eigenvalue weighted by molar-refractivity contribution is 0.263. The molecule has 0 bridgehead atoms. The van der Waals surface area contributed by atoms with E-state index in [1.807, 2.05) is 24.3 Å². The molecule has 1 N–H and O–H groups in total. The molecule has 0 radical (unpaired) electrons. The highest BCUT2D eigenvalue weighted by Gasteiger charge is 2.30. The molecule has 6 nitrogen and oxygen atoms in total. The average Bonchev–Trinajstić information content (AvgIpc) is 2.79. The maximum Gasteiger partial charge on any atom is 0.246 e. The lowest BCUT2D eigenvalue weighted by Gasteiger charge is -2.26. The number of para-hydroxylation sites is 1. The van der Waals surface area contributed by atoms with Crippen molar-refractivity contribution in [3.05, 3.63) is 41.3 Å². The summed E-state index contributed by atoms with van der Waals surface area (Å²) in [5.74, 6) is 1.01. The molecule has 7 heteroatoms. The zero-order valence-electron chi connectivity index (χ0n) is 11.8. The molecule has 0 fully saturated rings. The Balaban J connectivity index is 1.94. The quantitative estimate of drug-likeness (QED) is 0.939. The molecular formula is C14H16N2O4S. The van der Waals surface area contributed by atoms with Gasteiger partial charge in [-0.3, -0.25) is 0 Å². The van der Waals surface area contributed by atoms with Gasteiger partial charge in [-0.15, -0.1) is 0 Å². The van der Waals surface area contributed by atoms with Gasteiger partial charge in [0, 0.05) is 12.0 Å². The van der Waals surface area contributed by atoms with Crippen molar-refractivity contribution in [3.8, 4) is 5.75 Å². The fraction of sp³-hybridized carbons (Fsp3) is 0.357. The number of hydrogen-bond donors (Lipinski definition) is 1. The molecule has 0 saturated heterocycles. The van der Waals surface area contributed by atoms with Crippen LogP contribution in [0, 0.1) is 13.8 Å². The van der Waals surface area contributed by atoms with Crippen LogP contribution in [-0.2, 0) is 10.0 Å². The monoisotopic (exact) mass is 308 g/mol. The second-order valence-corrected chi connectivity index (χ2v) is 6.65. The number of sulfonamides is 1. The van der Waals surface area contributed by atoms with Crippen LogP contribution >= 0.6 is 0 Å². The van der Waals surface area contributed by atoms with E-state index in [2.05, 4.69) is 9.88 Å². The van der Waals surface area contributed by atoms with Gasteiger partial charge in [0.2, 0.25) is 10.0 Å². The Kier molecular flexibility index (Phi) is 3.46. The Bertz CT molecular complexity index is 748. The summed E-state index contributed by atoms with van der Waals surface area (Å²) >= 11 is 0. The summed E-state index contributed by atoms with van der Waals surface area (Å²) in [6.45, 7) is 3.68. The number of aromatic nitrogens is 1. The molecule has 112 valence electrons. The number of nitrogens with one attached hydrogen (secondary N) is 1. The molecule has 2 aromatic rings. The Morgan fingerprint density at radius 3 is 2.76 bits per heavy atom. The average molecular weight is 308 g/mol. The number of rotatable bonds is 3. The van der Waals surface area contributed by atoms with Gasteiger partial charge in [-0.25, -0.2) is 13.1 Å². The molecule has 1 aromatic carbocycles. The van der Waals surface area contributed by atoms with Gasteiger partial charge in [-0.1, -0.05) is 23.4 Å². The molecule has 1 atom stereocenters. The maximum atomic E-state index is 12.6. The van der Waals surface area contributed by atoms with Gasteiger partial charge in [0.1, 0.15) is 16.3 Å². The van der Waals surface area contributed by atoms with Crippen LogP contribution in [0.1, 0.15) is 29.5 Å². The summed E-state index contributed by atoms with van der Waals surface area (Å²) in [5.41, 5.74) is 1.21. The highest BCUT2D eigenvalue weighted by molar-refractivity contribution is 7.89. The molecule has 0 spiro atoms. The first-order chi connectivity index (χ1) is 9.99. The second-order valence-electron chi connectivity index (χ2n) is 5.00. The number of nitrogens with zero attached hydrogens (tertiary/aromatic N) is 1. The summed E-state index contributed by atoms with van der Waals surface area (Å²) < 4.78 is 38.3. The Labute approximate surface area is 123 Å². The summed E-state index contributed by atoms with van der Waals surface area (Å²) in [6.07, 6.45) is 0.583. The first kappa shape index (κ1) is 14.1. The lowest BCUT2D eigenvalue weighted by atomic mass is 10.0. The fourth-order valence-corrected chi connectivity index (χ4v) is 4.15. The Hall–Kier alpha value is -1.86. The molecule has 0 aliphatic carbocycles. The minimum atomic E-state index is -3.68. The SMILES string of the molecule is Cc1noc(C)c1S(=O)(=O)N[C@H]1CCOc2ccccc21. The highest BCUT2D eigenvalue weighted by atomic mass is 32.2. The van der Waals surface area contributed by atoms with Gasteiger partial charge in [0.15, 0.2) is 5.76 Å². The lowest BCUT2D eigenvalue weighted by Crippen LogP contribution is -2.32. The topological polar surface area (TPSA) is 81.4 Å². The minimum Gasteiger partial charge on any atom is -0.493 e. The van der Waals surface area contributed by atoms with E-state index >= 15 is 0 Å². The minimum absolute atomic E-state index is 0.117. The summed E-state index contributed by atoms with van der Waals surface area (Å²) in [6, 6.07) is 7.13. The number of ether oxygens (including phenoxy) is 1. The normalized spacial score (nSPS) is 18.1. The van der Waals surface area contributed by atoms with Crippen molar-refractivity contribution in [2.24, 2.45) is 0 Å². The van der Waals surface area contributed by atoms with Gasteiger partial charge in [0.25, 0.3) is 0 Å². The van der Waals surface area contributed by atoms with E-state index in [9.17, 15) is 8.42 Å². The molecule has 3 rings (SSSR count). The molecule has 21 heavy (non-hydrogen) atoms. The van der Waals surface area contributed by atoms with Crippen LogP contribution in [0.15, 0.2) is 33.7 Å². The van der Waals surface area contributed by atoms with Crippen LogP contribution in [-0.4, -0.2) is 20.2 Å². The number of benzene rings is 1. The molecule has 1 aliphatic heterocycles. The summed E-state index contributed by atoms with van der Waals surface area (Å²) in [4.78, 5) is 0.117. The second kappa shape index (κ2) is 5.16. The van der Waals surface area contributed by atoms with Crippen LogP contribution in [0.5, 0.6) is 5.75 Å². The van der Waals surface area contributed by atoms with E-state index in [0.717, 1.165) is 11.3 Å². The number of hydrogen-bond acceptors (Lipinski definition) is 5. The standard InChI is InChI=1S/C14H16N2O4S/c1-9-14(10(2)20-15-9)21(17,18)16-12-7-8-19-13-6-4-3-5-11(12)13/h3-6,12,16H,7-8H2,1-2H3/t12-/m0/s1. The van der Waals surface area contributed by atoms with Gasteiger partial charge >= 0.3 is 0 Å². The van der Waals surface area contributed by atoms with Crippen LogP contribution in [0.25, 0.3) is 0 Å². The Morgan fingerprint density at radius 1 is 1.29 bits per heavy atom. The van der Waals surface area contributed by atoms with Crippen LogP contribution in [0.2, 0.25) is 0 Å². The number of fused-ring (bicyclic) bond motifs is 1. The van der Waals surface area contributed by atoms with E-state index in [-0.39, 0.29) is 10.9 Å². The van der Waals surface area contributed by atoms with E-state index in [1.165, 1.54) is 0 Å². The highest BCUT2D eigenvalue weighted by Crippen LogP contribution is 2.33. The zero-order valence-corrected chi connectivity index (χ0v) is 12.6. The van der Waals surface area contributed by atoms with E-state index < -0.39 is 10.0 Å². The first-order valence-corrected chi connectivity index (χ1v) is 8.14. The third kappa shape index (κ3) is 2.54. The van der Waals surface area contributed by atoms with Crippen LogP contribution in [0.3, 0.4) is 0 Å². The molecule has 0 unspecified atom stereocenters. The van der Waals surface area contributed by atoms with Gasteiger partial charge in [0.05, 0.1) is 12.6 Å². The third-order valence-corrected chi connectivity index (χ3v) is 5.21. The summed E-state index contributed by atoms with van der Waals surface area (Å²) in [5, 5.41) is 3.70. The Morgan fingerprint density at radius 2 is 2.05 bits per heavy atom. The van der Waals surface area contributed by atoms with E-state index in [1.54, 1.807) is 13.8 Å². The van der Waals surface area contributed by atoms with Crippen LogP contribution in [0.4, 0.5) is 0 Å². The van der Waals surface area contributed by atoms with Crippen molar-refractivity contribution in [1.29, 1.82) is 0 Å². The van der Waals surface area contributed by atoms with Crippen molar-refractivity contribution in [2.75, 3.05) is 6.61 Å². The molecule has 1 aliphatic rings. The predicted molar refractivity (Wildman–Crippen MR) is 75.6 cm³/mol. The van der Waals surface area contributed by atoms with Crippen molar-refractivity contribution < 1.29 is 17.7 Å². The molecular weight excluding hydrogens is 292 g/mol. The maximum absolute atomic E-state index is 12.6. The fourth-order valence-electron chi connectivity index (χ4n) is 2.57. The third-order valence-electron chi connectivity index (χ3n) is 3.49. The van der Waals surface area contributed by atoms with Gasteiger partial charge in [-0.05, 0) is 19.9 Å². The zero-order chi connectivity index (χ0) is 15.0. The smallest absolute Gasteiger partial charge is 0.246 e. The van der Waals surface area contributed by atoms with Crippen molar-refractivity contribution in [1.82, 2.24) is 9.88 Å². The number of aryl methyl sites for hydroxylation is 2. The van der Waals surface area contributed by atoms with E-state index in [4.69, 9.17) is 9.26 Å². The van der Waals surface area contributed by atoms with Crippen LogP contribution < -0.4 is 9.46 Å².